The Kier molecular flexibility index (Phi) is 4.09. The van der Waals surface area contributed by atoms with Gasteiger partial charge in [-0.1, -0.05) is 24.8 Å². The Balaban J connectivity index is 2.19. The van der Waals surface area contributed by atoms with Gasteiger partial charge in [-0.15, -0.1) is 0 Å². The zero-order valence-corrected chi connectivity index (χ0v) is 12.1. The van der Waals surface area contributed by atoms with Gasteiger partial charge in [-0.05, 0) is 40.9 Å². The number of nitrogens with one attached hydrogen (secondary N) is 1. The van der Waals surface area contributed by atoms with Crippen LogP contribution in [0, 0.1) is 11.7 Å². The summed E-state index contributed by atoms with van der Waals surface area (Å²) in [5.41, 5.74) is 0.459. The molecule has 1 aliphatic heterocycles. The first-order valence-corrected chi connectivity index (χ1v) is 7.27. The fraction of sp³-hybridized carbons (Fsp3) is 0.417. The Morgan fingerprint density at radius 3 is 2.88 bits per heavy atom. The second kappa shape index (κ2) is 5.40. The van der Waals surface area contributed by atoms with E-state index >= 15 is 0 Å². The molecule has 1 heterocycles. The first kappa shape index (κ1) is 12.9. The van der Waals surface area contributed by atoms with Crippen LogP contribution in [0.4, 0.5) is 10.1 Å². The molecule has 0 bridgehead atoms. The molecular weight excluding hydrogens is 303 g/mol. The van der Waals surface area contributed by atoms with Gasteiger partial charge >= 0.3 is 0 Å². The van der Waals surface area contributed by atoms with E-state index in [-0.39, 0.29) is 11.9 Å². The second-order valence-corrected chi connectivity index (χ2v) is 6.05. The van der Waals surface area contributed by atoms with Crippen LogP contribution < -0.4 is 5.32 Å². The largest absolute Gasteiger partial charge is 0.332 e. The molecule has 2 nitrogen and oxygen atoms in total. The number of aliphatic imine (C=N–C) groups is 1. The summed E-state index contributed by atoms with van der Waals surface area (Å²) in [6.07, 6.45) is 0. The molecule has 0 saturated heterocycles. The number of nitrogens with zero attached hydrogens (tertiary/aromatic N) is 1. The van der Waals surface area contributed by atoms with E-state index < -0.39 is 0 Å². The lowest BCUT2D eigenvalue weighted by atomic mass is 10.1. The molecule has 5 heteroatoms. The molecule has 1 aromatic rings. The van der Waals surface area contributed by atoms with E-state index in [1.807, 2.05) is 6.07 Å². The molecule has 0 amide bonds. The highest BCUT2D eigenvalue weighted by Crippen LogP contribution is 2.29. The average molecular weight is 317 g/mol. The minimum Gasteiger partial charge on any atom is -0.332 e. The summed E-state index contributed by atoms with van der Waals surface area (Å²) in [6.45, 7) is 4.26. The van der Waals surface area contributed by atoms with Crippen LogP contribution in [0.1, 0.15) is 13.8 Å². The molecule has 0 saturated carbocycles. The summed E-state index contributed by atoms with van der Waals surface area (Å²) in [6, 6.07) is 5.20. The zero-order chi connectivity index (χ0) is 12.4. The monoisotopic (exact) mass is 316 g/mol. The van der Waals surface area contributed by atoms with Crippen LogP contribution in [-0.4, -0.2) is 17.0 Å². The van der Waals surface area contributed by atoms with Gasteiger partial charge in [-0.25, -0.2) is 4.39 Å². The minimum absolute atomic E-state index is 0.269. The lowest BCUT2D eigenvalue weighted by molar-refractivity contribution is 0.537. The first-order chi connectivity index (χ1) is 8.08. The van der Waals surface area contributed by atoms with Crippen LogP contribution in [0.15, 0.2) is 27.7 Å². The normalized spacial score (nSPS) is 24.4. The van der Waals surface area contributed by atoms with Crippen LogP contribution in [0.3, 0.4) is 0 Å². The van der Waals surface area contributed by atoms with Crippen molar-refractivity contribution in [3.63, 3.8) is 0 Å². The van der Waals surface area contributed by atoms with Crippen molar-refractivity contribution in [3.8, 4) is 0 Å². The van der Waals surface area contributed by atoms with Gasteiger partial charge in [0, 0.05) is 10.2 Å². The third kappa shape index (κ3) is 3.01. The molecule has 0 spiro atoms. The fourth-order valence-corrected chi connectivity index (χ4v) is 3.05. The van der Waals surface area contributed by atoms with Crippen molar-refractivity contribution in [2.75, 3.05) is 11.1 Å². The van der Waals surface area contributed by atoms with E-state index in [9.17, 15) is 4.39 Å². The maximum absolute atomic E-state index is 13.6. The molecule has 1 aliphatic rings. The lowest BCUT2D eigenvalue weighted by Crippen LogP contribution is -2.25. The minimum atomic E-state index is -0.269. The Bertz CT molecular complexity index is 430. The van der Waals surface area contributed by atoms with Crippen LogP contribution in [0.25, 0.3) is 0 Å². The number of rotatable bonds is 1. The average Bonchev–Trinajstić information content (AvgIpc) is 2.28. The summed E-state index contributed by atoms with van der Waals surface area (Å²) in [5.74, 6) is 1.31. The molecule has 2 rings (SSSR count). The number of benzene rings is 1. The van der Waals surface area contributed by atoms with Gasteiger partial charge in [0.1, 0.15) is 5.82 Å². The van der Waals surface area contributed by atoms with Crippen molar-refractivity contribution in [3.05, 3.63) is 28.5 Å². The van der Waals surface area contributed by atoms with Gasteiger partial charge in [-0.3, -0.25) is 4.99 Å². The van der Waals surface area contributed by atoms with Gasteiger partial charge in [0.2, 0.25) is 0 Å². The molecule has 0 aromatic heterocycles. The third-order valence-corrected chi connectivity index (χ3v) is 4.66. The Morgan fingerprint density at radius 2 is 2.24 bits per heavy atom. The van der Waals surface area contributed by atoms with E-state index in [2.05, 4.69) is 40.1 Å². The van der Waals surface area contributed by atoms with E-state index in [0.29, 0.717) is 16.1 Å². The highest BCUT2D eigenvalue weighted by Gasteiger charge is 2.20. The lowest BCUT2D eigenvalue weighted by Gasteiger charge is -2.24. The molecule has 2 unspecified atom stereocenters. The Hall–Kier alpha value is -0.550. The van der Waals surface area contributed by atoms with Crippen molar-refractivity contribution >= 4 is 38.5 Å². The Morgan fingerprint density at radius 1 is 1.47 bits per heavy atom. The summed E-state index contributed by atoms with van der Waals surface area (Å²) < 4.78 is 14.3. The van der Waals surface area contributed by atoms with E-state index in [1.165, 1.54) is 6.07 Å². The molecule has 0 fully saturated rings. The maximum Gasteiger partial charge on any atom is 0.161 e. The fourth-order valence-electron chi connectivity index (χ4n) is 1.49. The van der Waals surface area contributed by atoms with Crippen molar-refractivity contribution in [2.24, 2.45) is 10.9 Å². The van der Waals surface area contributed by atoms with Gasteiger partial charge in [0.15, 0.2) is 5.17 Å². The van der Waals surface area contributed by atoms with Crippen LogP contribution in [-0.2, 0) is 0 Å². The molecule has 1 N–H and O–H groups in total. The number of halogens is 2. The molecule has 92 valence electrons. The van der Waals surface area contributed by atoms with Crippen molar-refractivity contribution in [2.45, 2.75) is 19.9 Å². The molecule has 1 aromatic carbocycles. The van der Waals surface area contributed by atoms with E-state index in [1.54, 1.807) is 17.8 Å². The molecule has 0 radical (unpaired) electrons. The second-order valence-electron chi connectivity index (χ2n) is 4.18. The van der Waals surface area contributed by atoms with Gasteiger partial charge in [0.05, 0.1) is 11.7 Å². The van der Waals surface area contributed by atoms with E-state index in [4.69, 9.17) is 0 Å². The number of hydrogen-bond acceptors (Lipinski definition) is 3. The van der Waals surface area contributed by atoms with Crippen molar-refractivity contribution < 1.29 is 4.39 Å². The van der Waals surface area contributed by atoms with E-state index in [0.717, 1.165) is 10.9 Å². The highest BCUT2D eigenvalue weighted by molar-refractivity contribution is 9.10. The number of anilines is 1. The standard InChI is InChI=1S/C12H14BrFN2S/c1-7-6-17-12(15-8(7)2)16-11-9(13)4-3-5-10(11)14/h3-5,7-8H,6H2,1-2H3,(H,15,16). The predicted molar refractivity (Wildman–Crippen MR) is 76.2 cm³/mol. The summed E-state index contributed by atoms with van der Waals surface area (Å²) >= 11 is 4.97. The number of hydrogen-bond donors (Lipinski definition) is 1. The quantitative estimate of drug-likeness (QED) is 0.842. The Labute approximate surface area is 113 Å². The van der Waals surface area contributed by atoms with Crippen molar-refractivity contribution in [1.29, 1.82) is 0 Å². The smallest absolute Gasteiger partial charge is 0.161 e. The van der Waals surface area contributed by atoms with Gasteiger partial charge in [0.25, 0.3) is 0 Å². The van der Waals surface area contributed by atoms with Crippen LogP contribution in [0.5, 0.6) is 0 Å². The third-order valence-electron chi connectivity index (χ3n) is 2.82. The number of amidine groups is 1. The summed E-state index contributed by atoms with van der Waals surface area (Å²) in [7, 11) is 0. The topological polar surface area (TPSA) is 24.4 Å². The van der Waals surface area contributed by atoms with Crippen LogP contribution >= 0.6 is 27.7 Å². The first-order valence-electron chi connectivity index (χ1n) is 5.49. The summed E-state index contributed by atoms with van der Waals surface area (Å²) in [4.78, 5) is 4.52. The number of para-hydroxylation sites is 1. The predicted octanol–water partition coefficient (Wildman–Crippen LogP) is 4.13. The molecule has 2 atom stereocenters. The highest BCUT2D eigenvalue weighted by atomic mass is 79.9. The van der Waals surface area contributed by atoms with Crippen molar-refractivity contribution in [1.82, 2.24) is 0 Å². The SMILES string of the molecule is CC1CSC(Nc2c(F)cccc2Br)=NC1C. The molecule has 17 heavy (non-hydrogen) atoms. The number of thioether (sulfide) groups is 1. The molecule has 0 aliphatic carbocycles. The molecular formula is C12H14BrFN2S. The summed E-state index contributed by atoms with van der Waals surface area (Å²) in [5, 5.41) is 3.85. The maximum atomic E-state index is 13.6. The zero-order valence-electron chi connectivity index (χ0n) is 9.71. The van der Waals surface area contributed by atoms with Gasteiger partial charge < -0.3 is 5.32 Å². The van der Waals surface area contributed by atoms with Gasteiger partial charge in [-0.2, -0.15) is 0 Å². The van der Waals surface area contributed by atoms with Crippen LogP contribution in [0.2, 0.25) is 0 Å².